The Morgan fingerprint density at radius 2 is 1.82 bits per heavy atom. The number of benzene rings is 2. The van der Waals surface area contributed by atoms with Gasteiger partial charge in [-0.25, -0.2) is 0 Å². The van der Waals surface area contributed by atoms with E-state index in [1.54, 1.807) is 48.5 Å². The highest BCUT2D eigenvalue weighted by atomic mass is 35.5. The normalized spacial score (nSPS) is 15.2. The Hall–Kier alpha value is -4.02. The number of carbonyl (C=O) groups excluding carboxylic acids is 3. The Balaban J connectivity index is 1.67. The van der Waals surface area contributed by atoms with Crippen LogP contribution in [0.15, 0.2) is 65.3 Å². The summed E-state index contributed by atoms with van der Waals surface area (Å²) in [5, 5.41) is 6.07. The fraction of sp³-hybridized carbons (Fsp3) is 0.345. The van der Waals surface area contributed by atoms with Gasteiger partial charge in [0.25, 0.3) is 5.91 Å². The summed E-state index contributed by atoms with van der Waals surface area (Å²) in [6, 6.07) is 14.0. The second kappa shape index (κ2) is 13.9. The van der Waals surface area contributed by atoms with E-state index in [0.717, 1.165) is 18.4 Å². The molecule has 1 aliphatic heterocycles. The SMILES string of the molecule is COc1ccc([C@H](C(=O)NC[C@@H]2CCCO2)N(Cc2ccc(Cl)cc2)C(=O)CNC(=O)c2ccco2)cc1OC. The number of nitrogens with zero attached hydrogens (tertiary/aromatic N) is 1. The first-order chi connectivity index (χ1) is 19.4. The van der Waals surface area contributed by atoms with Gasteiger partial charge in [-0.2, -0.15) is 0 Å². The molecule has 0 radical (unpaired) electrons. The van der Waals surface area contributed by atoms with Crippen molar-refractivity contribution in [2.75, 3.05) is 33.9 Å². The van der Waals surface area contributed by atoms with E-state index in [9.17, 15) is 14.4 Å². The zero-order valence-corrected chi connectivity index (χ0v) is 23.1. The van der Waals surface area contributed by atoms with Crippen LogP contribution in [0.2, 0.25) is 5.02 Å². The van der Waals surface area contributed by atoms with E-state index in [2.05, 4.69) is 10.6 Å². The molecule has 40 heavy (non-hydrogen) atoms. The third-order valence-corrected chi connectivity index (χ3v) is 6.79. The highest BCUT2D eigenvalue weighted by molar-refractivity contribution is 6.30. The first-order valence-corrected chi connectivity index (χ1v) is 13.2. The van der Waals surface area contributed by atoms with Crippen LogP contribution in [0.25, 0.3) is 0 Å². The van der Waals surface area contributed by atoms with Crippen molar-refractivity contribution in [3.63, 3.8) is 0 Å². The molecule has 1 saturated heterocycles. The third kappa shape index (κ3) is 7.34. The maximum absolute atomic E-state index is 13.8. The molecule has 0 bridgehead atoms. The summed E-state index contributed by atoms with van der Waals surface area (Å²) in [6.45, 7) is 0.659. The molecule has 0 unspecified atom stereocenters. The number of hydrogen-bond acceptors (Lipinski definition) is 7. The summed E-state index contributed by atoms with van der Waals surface area (Å²) in [5.74, 6) is -0.476. The van der Waals surface area contributed by atoms with Crippen LogP contribution in [0.5, 0.6) is 11.5 Å². The topological polar surface area (TPSA) is 119 Å². The van der Waals surface area contributed by atoms with Crippen molar-refractivity contribution in [1.82, 2.24) is 15.5 Å². The van der Waals surface area contributed by atoms with Gasteiger partial charge in [-0.3, -0.25) is 14.4 Å². The van der Waals surface area contributed by atoms with Crippen LogP contribution < -0.4 is 20.1 Å². The van der Waals surface area contributed by atoms with Crippen molar-refractivity contribution >= 4 is 29.3 Å². The van der Waals surface area contributed by atoms with Gasteiger partial charge < -0.3 is 34.2 Å². The van der Waals surface area contributed by atoms with Crippen LogP contribution in [0, 0.1) is 0 Å². The van der Waals surface area contributed by atoms with Crippen molar-refractivity contribution in [3.05, 3.63) is 82.8 Å². The molecule has 2 atom stereocenters. The molecule has 3 amide bonds. The molecule has 2 N–H and O–H groups in total. The summed E-state index contributed by atoms with van der Waals surface area (Å²) in [6.07, 6.45) is 3.04. The van der Waals surface area contributed by atoms with E-state index in [1.165, 1.54) is 31.4 Å². The first kappa shape index (κ1) is 29.0. The van der Waals surface area contributed by atoms with E-state index in [4.69, 9.17) is 30.2 Å². The number of methoxy groups -OCH3 is 2. The third-order valence-electron chi connectivity index (χ3n) is 6.54. The summed E-state index contributed by atoms with van der Waals surface area (Å²) >= 11 is 6.08. The van der Waals surface area contributed by atoms with Crippen molar-refractivity contribution in [2.24, 2.45) is 0 Å². The van der Waals surface area contributed by atoms with Crippen molar-refractivity contribution in [1.29, 1.82) is 0 Å². The minimum atomic E-state index is -1.06. The van der Waals surface area contributed by atoms with Crippen molar-refractivity contribution in [3.8, 4) is 11.5 Å². The minimum Gasteiger partial charge on any atom is -0.493 e. The molecular formula is C29H32ClN3O7. The molecule has 2 heterocycles. The lowest BCUT2D eigenvalue weighted by molar-refractivity contribution is -0.141. The van der Waals surface area contributed by atoms with E-state index in [0.29, 0.717) is 35.2 Å². The van der Waals surface area contributed by atoms with Crippen LogP contribution in [0.4, 0.5) is 0 Å². The zero-order chi connectivity index (χ0) is 28.5. The number of nitrogens with one attached hydrogen (secondary N) is 2. The predicted molar refractivity (Wildman–Crippen MR) is 147 cm³/mol. The van der Waals surface area contributed by atoms with Crippen LogP contribution >= 0.6 is 11.6 Å². The smallest absolute Gasteiger partial charge is 0.287 e. The summed E-state index contributed by atoms with van der Waals surface area (Å²) in [5.41, 5.74) is 1.25. The summed E-state index contributed by atoms with van der Waals surface area (Å²) in [4.78, 5) is 41.5. The zero-order valence-electron chi connectivity index (χ0n) is 22.4. The van der Waals surface area contributed by atoms with Gasteiger partial charge in [-0.15, -0.1) is 0 Å². The highest BCUT2D eigenvalue weighted by Gasteiger charge is 2.33. The minimum absolute atomic E-state index is 0.0684. The Bertz CT molecular complexity index is 1290. The lowest BCUT2D eigenvalue weighted by Gasteiger charge is -2.32. The van der Waals surface area contributed by atoms with Crippen molar-refractivity contribution in [2.45, 2.75) is 31.5 Å². The highest BCUT2D eigenvalue weighted by Crippen LogP contribution is 2.33. The van der Waals surface area contributed by atoms with Gasteiger partial charge in [-0.1, -0.05) is 29.8 Å². The maximum Gasteiger partial charge on any atom is 0.287 e. The molecule has 1 aromatic heterocycles. The number of amides is 3. The van der Waals surface area contributed by atoms with Crippen LogP contribution in [-0.2, 0) is 20.9 Å². The Morgan fingerprint density at radius 1 is 1.05 bits per heavy atom. The van der Waals surface area contributed by atoms with Gasteiger partial charge in [0.1, 0.15) is 6.04 Å². The number of carbonyl (C=O) groups is 3. The van der Waals surface area contributed by atoms with E-state index >= 15 is 0 Å². The average molecular weight is 570 g/mol. The molecular weight excluding hydrogens is 538 g/mol. The van der Waals surface area contributed by atoms with E-state index < -0.39 is 23.8 Å². The summed E-state index contributed by atoms with van der Waals surface area (Å²) in [7, 11) is 3.01. The van der Waals surface area contributed by atoms with Crippen molar-refractivity contribution < 1.29 is 33.0 Å². The molecule has 4 rings (SSSR count). The molecule has 0 aliphatic carbocycles. The quantitative estimate of drug-likeness (QED) is 0.341. The monoisotopic (exact) mass is 569 g/mol. The lowest BCUT2D eigenvalue weighted by atomic mass is 10.0. The predicted octanol–water partition coefficient (Wildman–Crippen LogP) is 3.75. The number of hydrogen-bond donors (Lipinski definition) is 2. The molecule has 0 saturated carbocycles. The fourth-order valence-corrected chi connectivity index (χ4v) is 4.60. The van der Waals surface area contributed by atoms with Gasteiger partial charge in [0, 0.05) is 24.7 Å². The molecule has 2 aromatic carbocycles. The fourth-order valence-electron chi connectivity index (χ4n) is 4.47. The van der Waals surface area contributed by atoms with E-state index in [1.807, 2.05) is 0 Å². The second-order valence-electron chi connectivity index (χ2n) is 9.21. The Morgan fingerprint density at radius 3 is 2.48 bits per heavy atom. The average Bonchev–Trinajstić information content (AvgIpc) is 3.70. The van der Waals surface area contributed by atoms with Crippen LogP contribution in [-0.4, -0.2) is 62.6 Å². The Kier molecular flexibility index (Phi) is 10.0. The molecule has 3 aromatic rings. The standard InChI is InChI=1S/C29H32ClN3O7/c1-37-23-12-9-20(15-25(23)38-2)27(29(36)31-16-22-5-3-13-39-22)33(18-19-7-10-21(30)11-8-19)26(34)17-32-28(35)24-6-4-14-40-24/h4,6-12,14-15,22,27H,3,5,13,16-18H2,1-2H3,(H,31,36)(H,32,35)/t22-,27+/m0/s1. The van der Waals surface area contributed by atoms with Gasteiger partial charge in [0.05, 0.1) is 33.1 Å². The number of furan rings is 1. The molecule has 1 fully saturated rings. The largest absolute Gasteiger partial charge is 0.493 e. The molecule has 11 heteroatoms. The summed E-state index contributed by atoms with van der Waals surface area (Å²) < 4.78 is 21.6. The lowest BCUT2D eigenvalue weighted by Crippen LogP contribution is -2.48. The second-order valence-corrected chi connectivity index (χ2v) is 9.64. The number of halogens is 1. The van der Waals surface area contributed by atoms with Gasteiger partial charge in [0.15, 0.2) is 17.3 Å². The number of rotatable bonds is 12. The molecule has 0 spiro atoms. The Labute approximate surface area is 237 Å². The molecule has 10 nitrogen and oxygen atoms in total. The van der Waals surface area contributed by atoms with Gasteiger partial charge in [0.2, 0.25) is 11.8 Å². The van der Waals surface area contributed by atoms with E-state index in [-0.39, 0.29) is 25.0 Å². The molecule has 212 valence electrons. The number of ether oxygens (including phenoxy) is 3. The van der Waals surface area contributed by atoms with Crippen LogP contribution in [0.3, 0.4) is 0 Å². The van der Waals surface area contributed by atoms with Crippen LogP contribution in [0.1, 0.15) is 40.6 Å². The van der Waals surface area contributed by atoms with Gasteiger partial charge in [-0.05, 0) is 60.4 Å². The maximum atomic E-state index is 13.8. The molecule has 1 aliphatic rings. The first-order valence-electron chi connectivity index (χ1n) is 12.9. The van der Waals surface area contributed by atoms with Gasteiger partial charge >= 0.3 is 0 Å².